The summed E-state index contributed by atoms with van der Waals surface area (Å²) in [5.41, 5.74) is 1.25. The molecule has 2 aromatic carbocycles. The number of hydrogen-bond donors (Lipinski definition) is 0. The second-order valence-corrected chi connectivity index (χ2v) is 8.77. The third-order valence-corrected chi connectivity index (χ3v) is 6.80. The molecule has 0 bridgehead atoms. The molecular formula is C27H29NO6. The standard InChI is InChI=1S/C27H29NO6/c1-3-34-27(32)19-9-13-20(14-10-19)28-23(17-7-5-4-6-8-17)22(25(30)26(28)31)24(29)18-11-15-21(33-2)16-12-18/h9-17,22-23H,3-8H2,1-2H3. The minimum Gasteiger partial charge on any atom is -0.497 e. The molecule has 7 nitrogen and oxygen atoms in total. The van der Waals surface area contributed by atoms with E-state index < -0.39 is 29.6 Å². The molecule has 1 heterocycles. The molecule has 1 saturated carbocycles. The quantitative estimate of drug-likeness (QED) is 0.264. The Hall–Kier alpha value is -3.48. The van der Waals surface area contributed by atoms with Gasteiger partial charge in [0, 0.05) is 11.3 Å². The zero-order valence-corrected chi connectivity index (χ0v) is 19.5. The third kappa shape index (κ3) is 4.47. The van der Waals surface area contributed by atoms with Gasteiger partial charge < -0.3 is 14.4 Å². The Morgan fingerprint density at radius 3 is 2.12 bits per heavy atom. The summed E-state index contributed by atoms with van der Waals surface area (Å²) < 4.78 is 10.2. The Morgan fingerprint density at radius 2 is 1.53 bits per heavy atom. The van der Waals surface area contributed by atoms with Crippen LogP contribution in [0.1, 0.15) is 59.7 Å². The smallest absolute Gasteiger partial charge is 0.338 e. The Labute approximate surface area is 199 Å². The summed E-state index contributed by atoms with van der Waals surface area (Å²) in [6, 6.07) is 12.5. The van der Waals surface area contributed by atoms with Crippen LogP contribution < -0.4 is 9.64 Å². The molecule has 2 aromatic rings. The number of amides is 1. The largest absolute Gasteiger partial charge is 0.497 e. The monoisotopic (exact) mass is 463 g/mol. The van der Waals surface area contributed by atoms with Crippen LogP contribution in [0, 0.1) is 11.8 Å². The van der Waals surface area contributed by atoms with Crippen molar-refractivity contribution in [2.75, 3.05) is 18.6 Å². The molecule has 2 aliphatic rings. The third-order valence-electron chi connectivity index (χ3n) is 6.80. The van der Waals surface area contributed by atoms with Crippen LogP contribution in [0.3, 0.4) is 0 Å². The molecule has 1 aliphatic heterocycles. The number of anilines is 1. The first-order valence-electron chi connectivity index (χ1n) is 11.8. The van der Waals surface area contributed by atoms with Crippen LogP contribution in [0.5, 0.6) is 5.75 Å². The first-order valence-corrected chi connectivity index (χ1v) is 11.8. The molecule has 1 amide bonds. The van der Waals surface area contributed by atoms with Gasteiger partial charge in [0.15, 0.2) is 5.78 Å². The van der Waals surface area contributed by atoms with Crippen LogP contribution in [0.2, 0.25) is 0 Å². The van der Waals surface area contributed by atoms with Crippen molar-refractivity contribution in [2.24, 2.45) is 11.8 Å². The normalized spacial score (nSPS) is 20.9. The van der Waals surface area contributed by atoms with E-state index in [2.05, 4.69) is 0 Å². The van der Waals surface area contributed by atoms with Crippen LogP contribution in [0.4, 0.5) is 5.69 Å². The zero-order valence-electron chi connectivity index (χ0n) is 19.5. The van der Waals surface area contributed by atoms with Crippen LogP contribution >= 0.6 is 0 Å². The molecular weight excluding hydrogens is 434 g/mol. The van der Waals surface area contributed by atoms with Crippen molar-refractivity contribution in [2.45, 2.75) is 45.1 Å². The van der Waals surface area contributed by atoms with Crippen LogP contribution in [0.25, 0.3) is 0 Å². The topological polar surface area (TPSA) is 90.0 Å². The predicted molar refractivity (Wildman–Crippen MR) is 126 cm³/mol. The van der Waals surface area contributed by atoms with Gasteiger partial charge in [-0.3, -0.25) is 14.4 Å². The molecule has 2 fully saturated rings. The van der Waals surface area contributed by atoms with E-state index in [1.165, 1.54) is 4.90 Å². The molecule has 1 aliphatic carbocycles. The van der Waals surface area contributed by atoms with Gasteiger partial charge in [-0.2, -0.15) is 0 Å². The Morgan fingerprint density at radius 1 is 0.912 bits per heavy atom. The van der Waals surface area contributed by atoms with Crippen molar-refractivity contribution in [3.8, 4) is 5.75 Å². The van der Waals surface area contributed by atoms with Gasteiger partial charge in [-0.15, -0.1) is 0 Å². The highest BCUT2D eigenvalue weighted by atomic mass is 16.5. The molecule has 4 rings (SSSR count). The number of ketones is 2. The molecule has 0 N–H and O–H groups in total. The van der Waals surface area contributed by atoms with Crippen molar-refractivity contribution < 1.29 is 28.7 Å². The van der Waals surface area contributed by atoms with E-state index >= 15 is 0 Å². The molecule has 1 saturated heterocycles. The van der Waals surface area contributed by atoms with Crippen LogP contribution in [-0.2, 0) is 14.3 Å². The summed E-state index contributed by atoms with van der Waals surface area (Å²) >= 11 is 0. The fourth-order valence-electron chi connectivity index (χ4n) is 5.12. The average Bonchev–Trinajstić information content (AvgIpc) is 3.14. The molecule has 7 heteroatoms. The lowest BCUT2D eigenvalue weighted by Crippen LogP contribution is -2.44. The Kier molecular flexibility index (Phi) is 7.10. The van der Waals surface area contributed by atoms with E-state index in [4.69, 9.17) is 9.47 Å². The van der Waals surface area contributed by atoms with Crippen molar-refractivity contribution in [1.82, 2.24) is 0 Å². The summed E-state index contributed by atoms with van der Waals surface area (Å²) in [5.74, 6) is -2.55. The van der Waals surface area contributed by atoms with Gasteiger partial charge >= 0.3 is 5.97 Å². The Balaban J connectivity index is 1.70. The SMILES string of the molecule is CCOC(=O)c1ccc(N2C(=O)C(=O)C(C(=O)c3ccc(OC)cc3)C2C2CCCCC2)cc1. The maximum atomic E-state index is 13.5. The maximum absolute atomic E-state index is 13.5. The van der Waals surface area contributed by atoms with Crippen molar-refractivity contribution >= 4 is 29.1 Å². The van der Waals surface area contributed by atoms with E-state index in [1.807, 2.05) is 0 Å². The average molecular weight is 464 g/mol. The van der Waals surface area contributed by atoms with Crippen molar-refractivity contribution in [3.63, 3.8) is 0 Å². The number of benzene rings is 2. The summed E-state index contributed by atoms with van der Waals surface area (Å²) in [4.78, 5) is 53.5. The number of Topliss-reactive ketones (excluding diaryl/α,β-unsaturated/α-hetero) is 2. The summed E-state index contributed by atoms with van der Waals surface area (Å²) in [5, 5.41) is 0. The number of rotatable bonds is 7. The number of methoxy groups -OCH3 is 1. The van der Waals surface area contributed by atoms with Gasteiger partial charge in [0.25, 0.3) is 5.91 Å². The molecule has 0 spiro atoms. The van der Waals surface area contributed by atoms with Gasteiger partial charge in [0.2, 0.25) is 5.78 Å². The first kappa shape index (κ1) is 23.7. The molecule has 0 radical (unpaired) electrons. The minimum atomic E-state index is -1.06. The number of ether oxygens (including phenoxy) is 2. The summed E-state index contributed by atoms with van der Waals surface area (Å²) in [7, 11) is 1.54. The number of carbonyl (C=O) groups excluding carboxylic acids is 4. The van der Waals surface area contributed by atoms with Gasteiger partial charge in [-0.25, -0.2) is 4.79 Å². The highest BCUT2D eigenvalue weighted by Gasteiger charge is 2.54. The van der Waals surface area contributed by atoms with E-state index in [9.17, 15) is 19.2 Å². The predicted octanol–water partition coefficient (Wildman–Crippen LogP) is 4.24. The van der Waals surface area contributed by atoms with E-state index in [0.29, 0.717) is 22.6 Å². The summed E-state index contributed by atoms with van der Waals surface area (Å²) in [6.07, 6.45) is 4.83. The fraction of sp³-hybridized carbons (Fsp3) is 0.407. The second kappa shape index (κ2) is 10.2. The van der Waals surface area contributed by atoms with E-state index in [1.54, 1.807) is 62.6 Å². The van der Waals surface area contributed by atoms with Gasteiger partial charge in [0.1, 0.15) is 11.7 Å². The van der Waals surface area contributed by atoms with Crippen molar-refractivity contribution in [1.29, 1.82) is 0 Å². The number of nitrogens with zero attached hydrogens (tertiary/aromatic N) is 1. The zero-order chi connectivity index (χ0) is 24.2. The van der Waals surface area contributed by atoms with E-state index in [-0.39, 0.29) is 18.3 Å². The number of carbonyl (C=O) groups is 4. The Bertz CT molecular complexity index is 1070. The molecule has 0 aromatic heterocycles. The van der Waals surface area contributed by atoms with E-state index in [0.717, 1.165) is 32.1 Å². The first-order chi connectivity index (χ1) is 16.5. The maximum Gasteiger partial charge on any atom is 0.338 e. The molecule has 2 atom stereocenters. The minimum absolute atomic E-state index is 0.0427. The number of esters is 1. The lowest BCUT2D eigenvalue weighted by atomic mass is 9.76. The van der Waals surface area contributed by atoms with Gasteiger partial charge in [-0.05, 0) is 74.2 Å². The summed E-state index contributed by atoms with van der Waals surface area (Å²) in [6.45, 7) is 1.99. The molecule has 2 unspecified atom stereocenters. The lowest BCUT2D eigenvalue weighted by molar-refractivity contribution is -0.135. The van der Waals surface area contributed by atoms with Gasteiger partial charge in [0.05, 0.1) is 25.3 Å². The highest BCUT2D eigenvalue weighted by molar-refractivity contribution is 6.49. The van der Waals surface area contributed by atoms with Crippen LogP contribution in [0.15, 0.2) is 48.5 Å². The van der Waals surface area contributed by atoms with Crippen LogP contribution in [-0.4, -0.2) is 43.2 Å². The van der Waals surface area contributed by atoms with Crippen molar-refractivity contribution in [3.05, 3.63) is 59.7 Å². The lowest BCUT2D eigenvalue weighted by Gasteiger charge is -2.35. The fourth-order valence-corrected chi connectivity index (χ4v) is 5.12. The number of hydrogen-bond acceptors (Lipinski definition) is 6. The highest BCUT2D eigenvalue weighted by Crippen LogP contribution is 2.40. The molecule has 178 valence electrons. The molecule has 34 heavy (non-hydrogen) atoms. The second-order valence-electron chi connectivity index (χ2n) is 8.77. The van der Waals surface area contributed by atoms with Gasteiger partial charge in [-0.1, -0.05) is 19.3 Å².